The maximum Gasteiger partial charge on any atom is 0.235 e. The number of amides is 1. The van der Waals surface area contributed by atoms with Gasteiger partial charge in [0.05, 0.1) is 18.3 Å². The molecule has 0 aromatic rings. The van der Waals surface area contributed by atoms with Gasteiger partial charge >= 0.3 is 0 Å². The highest BCUT2D eigenvalue weighted by atomic mass is 32.2. The fraction of sp³-hybridized carbons (Fsp3) is 0.900. The minimum Gasteiger partial charge on any atom is -0.348 e. The van der Waals surface area contributed by atoms with Crippen molar-refractivity contribution in [1.82, 2.24) is 9.62 Å². The second-order valence-corrected chi connectivity index (χ2v) is 6.93. The van der Waals surface area contributed by atoms with Crippen LogP contribution in [0.5, 0.6) is 0 Å². The highest BCUT2D eigenvalue weighted by Gasteiger charge is 2.29. The molecule has 0 aliphatic heterocycles. The maximum absolute atomic E-state index is 11.7. The highest BCUT2D eigenvalue weighted by Crippen LogP contribution is 2.14. The van der Waals surface area contributed by atoms with Crippen LogP contribution in [-0.2, 0) is 14.8 Å². The summed E-state index contributed by atoms with van der Waals surface area (Å²) in [6.07, 6.45) is 1.06. The number of likely N-dealkylation sites (N-methyl/N-ethyl adjacent to an activating group) is 1. The molecule has 0 heterocycles. The molecule has 0 saturated carbocycles. The van der Waals surface area contributed by atoms with E-state index in [0.29, 0.717) is 6.54 Å². The first-order valence-electron chi connectivity index (χ1n) is 5.45. The molecule has 0 aromatic heterocycles. The van der Waals surface area contributed by atoms with Crippen LogP contribution in [0.4, 0.5) is 0 Å². The summed E-state index contributed by atoms with van der Waals surface area (Å²) >= 11 is 0. The molecule has 0 rings (SSSR count). The van der Waals surface area contributed by atoms with Crippen molar-refractivity contribution in [2.45, 2.75) is 26.3 Å². The van der Waals surface area contributed by atoms with Gasteiger partial charge in [0.15, 0.2) is 0 Å². The van der Waals surface area contributed by atoms with Crippen LogP contribution in [0.2, 0.25) is 0 Å². The molecule has 0 aliphatic rings. The molecule has 0 fully saturated rings. The first-order chi connectivity index (χ1) is 7.53. The lowest BCUT2D eigenvalue weighted by molar-refractivity contribution is -0.123. The van der Waals surface area contributed by atoms with Gasteiger partial charge in [-0.3, -0.25) is 4.79 Å². The Morgan fingerprint density at radius 1 is 1.47 bits per heavy atom. The average Bonchev–Trinajstić information content (AvgIpc) is 2.15. The predicted octanol–water partition coefficient (Wildman–Crippen LogP) is -0.633. The van der Waals surface area contributed by atoms with Crippen LogP contribution in [-0.4, -0.2) is 50.6 Å². The Balaban J connectivity index is 4.57. The molecule has 0 spiro atoms. The minimum atomic E-state index is -3.34. The zero-order chi connectivity index (χ0) is 13.9. The molecular formula is C10H23N3O3S. The molecule has 1 unspecified atom stereocenters. The quantitative estimate of drug-likeness (QED) is 0.668. The van der Waals surface area contributed by atoms with E-state index in [4.69, 9.17) is 5.73 Å². The Labute approximate surface area is 104 Å². The molecule has 17 heavy (non-hydrogen) atoms. The average molecular weight is 265 g/mol. The van der Waals surface area contributed by atoms with Crippen molar-refractivity contribution in [2.24, 2.45) is 11.7 Å². The smallest absolute Gasteiger partial charge is 0.235 e. The fourth-order valence-corrected chi connectivity index (χ4v) is 1.46. The van der Waals surface area contributed by atoms with Crippen molar-refractivity contribution in [1.29, 1.82) is 0 Å². The van der Waals surface area contributed by atoms with E-state index in [2.05, 4.69) is 5.32 Å². The SMILES string of the molecule is CC(C)C(C)(CN)NC(=O)CN(C)S(C)(=O)=O. The van der Waals surface area contributed by atoms with Crippen molar-refractivity contribution in [2.75, 3.05) is 26.4 Å². The van der Waals surface area contributed by atoms with Crippen LogP contribution in [0.15, 0.2) is 0 Å². The fourth-order valence-electron chi connectivity index (χ4n) is 1.11. The Morgan fingerprint density at radius 2 is 1.94 bits per heavy atom. The zero-order valence-corrected chi connectivity index (χ0v) is 12.0. The van der Waals surface area contributed by atoms with E-state index in [1.54, 1.807) is 0 Å². The van der Waals surface area contributed by atoms with E-state index in [1.807, 2.05) is 20.8 Å². The van der Waals surface area contributed by atoms with Crippen LogP contribution in [0.3, 0.4) is 0 Å². The number of nitrogens with zero attached hydrogens (tertiary/aromatic N) is 1. The van der Waals surface area contributed by atoms with Crippen molar-refractivity contribution >= 4 is 15.9 Å². The molecule has 0 bridgehead atoms. The van der Waals surface area contributed by atoms with Crippen LogP contribution in [0.1, 0.15) is 20.8 Å². The number of nitrogens with two attached hydrogens (primary N) is 1. The lowest BCUT2D eigenvalue weighted by Gasteiger charge is -2.34. The van der Waals surface area contributed by atoms with Crippen LogP contribution in [0.25, 0.3) is 0 Å². The van der Waals surface area contributed by atoms with Gasteiger partial charge in [-0.25, -0.2) is 8.42 Å². The van der Waals surface area contributed by atoms with E-state index in [-0.39, 0.29) is 18.4 Å². The largest absolute Gasteiger partial charge is 0.348 e. The van der Waals surface area contributed by atoms with E-state index in [1.165, 1.54) is 7.05 Å². The van der Waals surface area contributed by atoms with E-state index < -0.39 is 15.6 Å². The Bertz CT molecular complexity index is 367. The van der Waals surface area contributed by atoms with Gasteiger partial charge in [-0.05, 0) is 12.8 Å². The lowest BCUT2D eigenvalue weighted by Crippen LogP contribution is -2.56. The van der Waals surface area contributed by atoms with Crippen molar-refractivity contribution in [3.8, 4) is 0 Å². The van der Waals surface area contributed by atoms with Crippen LogP contribution in [0, 0.1) is 5.92 Å². The Hall–Kier alpha value is -0.660. The Morgan fingerprint density at radius 3 is 2.24 bits per heavy atom. The maximum atomic E-state index is 11.7. The van der Waals surface area contributed by atoms with Crippen molar-refractivity contribution < 1.29 is 13.2 Å². The van der Waals surface area contributed by atoms with E-state index >= 15 is 0 Å². The van der Waals surface area contributed by atoms with Crippen LogP contribution < -0.4 is 11.1 Å². The molecule has 0 aliphatic carbocycles. The minimum absolute atomic E-state index is 0.167. The molecule has 1 atom stereocenters. The van der Waals surface area contributed by atoms with E-state index in [0.717, 1.165) is 10.6 Å². The molecule has 1 amide bonds. The number of sulfonamides is 1. The number of hydrogen-bond donors (Lipinski definition) is 2. The van der Waals surface area contributed by atoms with Gasteiger partial charge in [0.2, 0.25) is 15.9 Å². The van der Waals surface area contributed by atoms with Gasteiger partial charge in [0, 0.05) is 13.6 Å². The summed E-state index contributed by atoms with van der Waals surface area (Å²) in [6.45, 7) is 5.86. The van der Waals surface area contributed by atoms with Crippen LogP contribution >= 0.6 is 0 Å². The molecule has 7 heteroatoms. The number of rotatable bonds is 6. The summed E-state index contributed by atoms with van der Waals surface area (Å²) in [6, 6.07) is 0. The topological polar surface area (TPSA) is 92.5 Å². The van der Waals surface area contributed by atoms with Crippen molar-refractivity contribution in [3.05, 3.63) is 0 Å². The van der Waals surface area contributed by atoms with Crippen molar-refractivity contribution in [3.63, 3.8) is 0 Å². The molecule has 6 nitrogen and oxygen atoms in total. The summed E-state index contributed by atoms with van der Waals surface area (Å²) in [7, 11) is -1.97. The van der Waals surface area contributed by atoms with Gasteiger partial charge in [-0.15, -0.1) is 0 Å². The molecule has 3 N–H and O–H groups in total. The van der Waals surface area contributed by atoms with Gasteiger partial charge in [-0.1, -0.05) is 13.8 Å². The number of hydrogen-bond acceptors (Lipinski definition) is 4. The molecule has 0 aromatic carbocycles. The zero-order valence-electron chi connectivity index (χ0n) is 11.1. The molecular weight excluding hydrogens is 242 g/mol. The van der Waals surface area contributed by atoms with Gasteiger partial charge in [0.25, 0.3) is 0 Å². The highest BCUT2D eigenvalue weighted by molar-refractivity contribution is 7.88. The van der Waals surface area contributed by atoms with E-state index in [9.17, 15) is 13.2 Å². The van der Waals surface area contributed by atoms with Gasteiger partial charge in [-0.2, -0.15) is 4.31 Å². The summed E-state index contributed by atoms with van der Waals surface area (Å²) in [5.74, 6) is -0.181. The number of nitrogens with one attached hydrogen (secondary N) is 1. The first kappa shape index (κ1) is 16.3. The standard InChI is InChI=1S/C10H23N3O3S/c1-8(2)10(3,7-11)12-9(14)6-13(4)17(5,15)16/h8H,6-7,11H2,1-5H3,(H,12,14). The molecule has 0 radical (unpaired) electrons. The summed E-state index contributed by atoms with van der Waals surface area (Å²) in [5, 5.41) is 2.78. The number of carbonyl (C=O) groups excluding carboxylic acids is 1. The third kappa shape index (κ3) is 5.01. The van der Waals surface area contributed by atoms with Gasteiger partial charge < -0.3 is 11.1 Å². The predicted molar refractivity (Wildman–Crippen MR) is 67.9 cm³/mol. The van der Waals surface area contributed by atoms with Gasteiger partial charge in [0.1, 0.15) is 0 Å². The summed E-state index contributed by atoms with van der Waals surface area (Å²) in [5.41, 5.74) is 5.11. The summed E-state index contributed by atoms with van der Waals surface area (Å²) < 4.78 is 23.3. The third-order valence-corrected chi connectivity index (χ3v) is 4.32. The first-order valence-corrected chi connectivity index (χ1v) is 7.30. The second kappa shape index (κ2) is 5.79. The lowest BCUT2D eigenvalue weighted by atomic mass is 9.88. The monoisotopic (exact) mass is 265 g/mol. The second-order valence-electron chi connectivity index (χ2n) is 4.84. The summed E-state index contributed by atoms with van der Waals surface area (Å²) in [4.78, 5) is 11.7. The number of carbonyl (C=O) groups is 1. The normalized spacial score (nSPS) is 16.0. The molecule has 0 saturated heterocycles. The third-order valence-electron chi connectivity index (χ3n) is 3.06. The Kier molecular flexibility index (Phi) is 5.57. The molecule has 102 valence electrons.